The van der Waals surface area contributed by atoms with Crippen LogP contribution >= 0.6 is 0 Å². The van der Waals surface area contributed by atoms with E-state index in [4.69, 9.17) is 0 Å². The van der Waals surface area contributed by atoms with Crippen LogP contribution in [0.1, 0.15) is 34.7 Å². The van der Waals surface area contributed by atoms with Gasteiger partial charge in [0, 0.05) is 0 Å². The lowest BCUT2D eigenvalue weighted by Crippen LogP contribution is -2.54. The summed E-state index contributed by atoms with van der Waals surface area (Å²) in [6.45, 7) is 7.89. The molecule has 2 aromatic rings. The summed E-state index contributed by atoms with van der Waals surface area (Å²) in [6, 6.07) is 10.4. The number of carbonyl (C=O) groups excluding carboxylic acids is 3. The first-order chi connectivity index (χ1) is 12.8. The molecular weight excluding hydrogens is 340 g/mol. The van der Waals surface area contributed by atoms with Crippen molar-refractivity contribution in [3.63, 3.8) is 0 Å². The largest absolute Gasteiger partial charge is 0.335 e. The molecule has 1 N–H and O–H groups in total. The van der Waals surface area contributed by atoms with Gasteiger partial charge in [0.2, 0.25) is 0 Å². The molecular formula is C22H22N2O3. The Labute approximate surface area is 158 Å². The van der Waals surface area contributed by atoms with Crippen LogP contribution in [0.15, 0.2) is 42.0 Å². The van der Waals surface area contributed by atoms with Gasteiger partial charge >= 0.3 is 6.03 Å². The van der Waals surface area contributed by atoms with E-state index in [-0.39, 0.29) is 5.57 Å². The maximum atomic E-state index is 13.0. The molecule has 1 saturated heterocycles. The predicted octanol–water partition coefficient (Wildman–Crippen LogP) is 3.84. The molecule has 1 aliphatic rings. The summed E-state index contributed by atoms with van der Waals surface area (Å²) in [5.41, 5.74) is 5.35. The number of carbonyl (C=O) groups is 3. The molecule has 0 bridgehead atoms. The van der Waals surface area contributed by atoms with Gasteiger partial charge in [-0.05, 0) is 67.7 Å². The van der Waals surface area contributed by atoms with E-state index in [1.54, 1.807) is 18.2 Å². The minimum atomic E-state index is -0.733. The molecule has 0 radical (unpaired) electrons. The Hall–Kier alpha value is -3.21. The van der Waals surface area contributed by atoms with Crippen LogP contribution in [0, 0.1) is 20.8 Å². The van der Waals surface area contributed by atoms with Crippen molar-refractivity contribution in [2.24, 2.45) is 0 Å². The highest BCUT2D eigenvalue weighted by molar-refractivity contribution is 6.39. The molecule has 0 spiro atoms. The smallest absolute Gasteiger partial charge is 0.273 e. The second kappa shape index (κ2) is 7.19. The number of hydrogen-bond donors (Lipinski definition) is 1. The summed E-state index contributed by atoms with van der Waals surface area (Å²) in [7, 11) is 0. The molecule has 1 aliphatic heterocycles. The Balaban J connectivity index is 2.05. The molecule has 1 heterocycles. The van der Waals surface area contributed by atoms with Crippen LogP contribution in [0.5, 0.6) is 0 Å². The second-order valence-corrected chi connectivity index (χ2v) is 6.79. The van der Waals surface area contributed by atoms with Crippen LogP contribution in [0.2, 0.25) is 0 Å². The number of aryl methyl sites for hydroxylation is 4. The highest BCUT2D eigenvalue weighted by Gasteiger charge is 2.36. The minimum absolute atomic E-state index is 0.0516. The average Bonchev–Trinajstić information content (AvgIpc) is 2.60. The standard InChI is InChI=1S/C22H22N2O3/c1-5-16-6-8-17(9-7-16)24-21(26)19(20(25)23-22(24)27)12-18-14(3)10-13(2)11-15(18)4/h6-12H,5H2,1-4H3,(H,23,25,27)/b19-12-. The first kappa shape index (κ1) is 18.6. The fraction of sp³-hybridized carbons (Fsp3) is 0.227. The van der Waals surface area contributed by atoms with Crippen molar-refractivity contribution in [1.29, 1.82) is 0 Å². The molecule has 3 rings (SSSR count). The van der Waals surface area contributed by atoms with E-state index >= 15 is 0 Å². The minimum Gasteiger partial charge on any atom is -0.273 e. The number of hydrogen-bond acceptors (Lipinski definition) is 3. The van der Waals surface area contributed by atoms with Crippen LogP contribution in [0.3, 0.4) is 0 Å². The van der Waals surface area contributed by atoms with E-state index in [0.29, 0.717) is 5.69 Å². The first-order valence-corrected chi connectivity index (χ1v) is 8.90. The topological polar surface area (TPSA) is 66.5 Å². The van der Waals surface area contributed by atoms with Gasteiger partial charge in [0.15, 0.2) is 0 Å². The summed E-state index contributed by atoms with van der Waals surface area (Å²) < 4.78 is 0. The summed E-state index contributed by atoms with van der Waals surface area (Å²) in [6.07, 6.45) is 2.43. The van der Waals surface area contributed by atoms with Gasteiger partial charge < -0.3 is 0 Å². The lowest BCUT2D eigenvalue weighted by Gasteiger charge is -2.26. The Morgan fingerprint density at radius 1 is 0.963 bits per heavy atom. The lowest BCUT2D eigenvalue weighted by molar-refractivity contribution is -0.122. The van der Waals surface area contributed by atoms with Crippen LogP contribution in [0.4, 0.5) is 10.5 Å². The van der Waals surface area contributed by atoms with E-state index in [1.165, 1.54) is 0 Å². The third kappa shape index (κ3) is 3.53. The molecule has 0 atom stereocenters. The van der Waals surface area contributed by atoms with Crippen molar-refractivity contribution in [3.8, 4) is 0 Å². The van der Waals surface area contributed by atoms with Gasteiger partial charge in [-0.3, -0.25) is 14.9 Å². The molecule has 0 saturated carbocycles. The fourth-order valence-electron chi connectivity index (χ4n) is 3.34. The van der Waals surface area contributed by atoms with Gasteiger partial charge in [0.05, 0.1) is 5.69 Å². The fourth-order valence-corrected chi connectivity index (χ4v) is 3.34. The van der Waals surface area contributed by atoms with Crippen LogP contribution in [-0.4, -0.2) is 17.8 Å². The average molecular weight is 362 g/mol. The van der Waals surface area contributed by atoms with Crippen molar-refractivity contribution in [2.45, 2.75) is 34.1 Å². The SMILES string of the molecule is CCc1ccc(N2C(=O)NC(=O)/C(=C/c3c(C)cc(C)cc3C)C2=O)cc1. The molecule has 2 aromatic carbocycles. The second-order valence-electron chi connectivity index (χ2n) is 6.79. The Morgan fingerprint density at radius 3 is 2.11 bits per heavy atom. The Bertz CT molecular complexity index is 949. The van der Waals surface area contributed by atoms with E-state index in [0.717, 1.165) is 39.1 Å². The quantitative estimate of drug-likeness (QED) is 0.666. The summed E-state index contributed by atoms with van der Waals surface area (Å²) in [4.78, 5) is 38.6. The third-order valence-corrected chi connectivity index (χ3v) is 4.73. The van der Waals surface area contributed by atoms with Crippen LogP contribution in [0.25, 0.3) is 6.08 Å². The maximum absolute atomic E-state index is 13.0. The number of rotatable bonds is 3. The number of nitrogens with one attached hydrogen (secondary N) is 1. The van der Waals surface area contributed by atoms with E-state index < -0.39 is 17.8 Å². The van der Waals surface area contributed by atoms with E-state index in [1.807, 2.05) is 52.0 Å². The van der Waals surface area contributed by atoms with E-state index in [9.17, 15) is 14.4 Å². The number of barbiturate groups is 1. The number of anilines is 1. The molecule has 0 unspecified atom stereocenters. The Morgan fingerprint density at radius 2 is 1.56 bits per heavy atom. The van der Waals surface area contributed by atoms with Gasteiger partial charge in [-0.25, -0.2) is 9.69 Å². The van der Waals surface area contributed by atoms with Gasteiger partial charge in [-0.15, -0.1) is 0 Å². The molecule has 5 heteroatoms. The number of urea groups is 1. The molecule has 0 aliphatic carbocycles. The van der Waals surface area contributed by atoms with Crippen molar-refractivity contribution in [3.05, 3.63) is 69.8 Å². The third-order valence-electron chi connectivity index (χ3n) is 4.73. The van der Waals surface area contributed by atoms with Crippen molar-refractivity contribution < 1.29 is 14.4 Å². The summed E-state index contributed by atoms with van der Waals surface area (Å²) >= 11 is 0. The van der Waals surface area contributed by atoms with Crippen molar-refractivity contribution in [1.82, 2.24) is 5.32 Å². The monoisotopic (exact) mass is 362 g/mol. The van der Waals surface area contributed by atoms with Crippen LogP contribution < -0.4 is 10.2 Å². The van der Waals surface area contributed by atoms with Gasteiger partial charge in [-0.1, -0.05) is 36.8 Å². The molecule has 4 amide bonds. The molecule has 27 heavy (non-hydrogen) atoms. The maximum Gasteiger partial charge on any atom is 0.335 e. The van der Waals surface area contributed by atoms with Gasteiger partial charge in [0.25, 0.3) is 11.8 Å². The summed E-state index contributed by atoms with van der Waals surface area (Å²) in [5, 5.41) is 2.27. The van der Waals surface area contributed by atoms with E-state index in [2.05, 4.69) is 5.32 Å². The molecule has 5 nitrogen and oxygen atoms in total. The van der Waals surface area contributed by atoms with Gasteiger partial charge in [-0.2, -0.15) is 0 Å². The number of benzene rings is 2. The van der Waals surface area contributed by atoms with Crippen molar-refractivity contribution in [2.75, 3.05) is 4.90 Å². The highest BCUT2D eigenvalue weighted by atomic mass is 16.2. The predicted molar refractivity (Wildman–Crippen MR) is 105 cm³/mol. The normalized spacial score (nSPS) is 16.1. The first-order valence-electron chi connectivity index (χ1n) is 8.90. The molecule has 1 fully saturated rings. The summed E-state index contributed by atoms with van der Waals surface area (Å²) in [5.74, 6) is -1.29. The van der Waals surface area contributed by atoms with Crippen LogP contribution in [-0.2, 0) is 16.0 Å². The highest BCUT2D eigenvalue weighted by Crippen LogP contribution is 2.25. The number of amides is 4. The Kier molecular flexibility index (Phi) is 4.95. The zero-order valence-electron chi connectivity index (χ0n) is 15.9. The zero-order valence-corrected chi connectivity index (χ0v) is 15.9. The number of imide groups is 2. The number of nitrogens with zero attached hydrogens (tertiary/aromatic N) is 1. The van der Waals surface area contributed by atoms with Crippen molar-refractivity contribution >= 4 is 29.6 Å². The van der Waals surface area contributed by atoms with Gasteiger partial charge in [0.1, 0.15) is 5.57 Å². The lowest BCUT2D eigenvalue weighted by atomic mass is 9.96. The zero-order chi connectivity index (χ0) is 19.7. The molecule has 138 valence electrons. The molecule has 0 aromatic heterocycles.